The van der Waals surface area contributed by atoms with Crippen LogP contribution in [0.15, 0.2) is 52.0 Å². The number of thioether (sulfide) groups is 1. The van der Waals surface area contributed by atoms with Gasteiger partial charge in [-0.15, -0.1) is 11.8 Å². The van der Waals surface area contributed by atoms with Gasteiger partial charge in [0, 0.05) is 4.90 Å². The summed E-state index contributed by atoms with van der Waals surface area (Å²) in [6.07, 6.45) is 1.57. The highest BCUT2D eigenvalue weighted by Crippen LogP contribution is 2.18. The van der Waals surface area contributed by atoms with Gasteiger partial charge in [-0.05, 0) is 29.8 Å². The summed E-state index contributed by atoms with van der Waals surface area (Å²) in [6, 6.07) is 10.7. The van der Waals surface area contributed by atoms with Crippen LogP contribution in [0, 0.1) is 0 Å². The SMILES string of the molecule is O=C(O)Cc1ccc(SCC(=O)NCc2ccco2)cc1. The van der Waals surface area contributed by atoms with E-state index in [1.54, 1.807) is 30.5 Å². The van der Waals surface area contributed by atoms with Crippen molar-refractivity contribution >= 4 is 23.6 Å². The molecule has 5 nitrogen and oxygen atoms in total. The molecule has 110 valence electrons. The molecule has 0 bridgehead atoms. The van der Waals surface area contributed by atoms with Gasteiger partial charge in [0.05, 0.1) is 25.0 Å². The lowest BCUT2D eigenvalue weighted by molar-refractivity contribution is -0.136. The molecule has 1 aromatic carbocycles. The highest BCUT2D eigenvalue weighted by molar-refractivity contribution is 8.00. The van der Waals surface area contributed by atoms with E-state index in [1.165, 1.54) is 11.8 Å². The minimum Gasteiger partial charge on any atom is -0.481 e. The highest BCUT2D eigenvalue weighted by atomic mass is 32.2. The highest BCUT2D eigenvalue weighted by Gasteiger charge is 2.05. The van der Waals surface area contributed by atoms with E-state index in [9.17, 15) is 9.59 Å². The Kier molecular flexibility index (Phi) is 5.45. The van der Waals surface area contributed by atoms with Crippen LogP contribution in [0.2, 0.25) is 0 Å². The number of hydrogen-bond acceptors (Lipinski definition) is 4. The summed E-state index contributed by atoms with van der Waals surface area (Å²) in [6.45, 7) is 0.379. The second-order valence-corrected chi connectivity index (χ2v) is 5.41. The fraction of sp³-hybridized carbons (Fsp3) is 0.200. The lowest BCUT2D eigenvalue weighted by Crippen LogP contribution is -2.24. The summed E-state index contributed by atoms with van der Waals surface area (Å²) < 4.78 is 5.12. The second kappa shape index (κ2) is 7.54. The minimum atomic E-state index is -0.854. The fourth-order valence-electron chi connectivity index (χ4n) is 1.68. The zero-order valence-electron chi connectivity index (χ0n) is 11.2. The average molecular weight is 305 g/mol. The monoisotopic (exact) mass is 305 g/mol. The van der Waals surface area contributed by atoms with E-state index in [4.69, 9.17) is 9.52 Å². The number of amides is 1. The molecule has 0 radical (unpaired) electrons. The van der Waals surface area contributed by atoms with Gasteiger partial charge in [0.1, 0.15) is 5.76 Å². The van der Waals surface area contributed by atoms with Gasteiger partial charge in [-0.1, -0.05) is 12.1 Å². The molecule has 1 amide bonds. The number of rotatable bonds is 7. The van der Waals surface area contributed by atoms with Crippen molar-refractivity contribution in [2.24, 2.45) is 0 Å². The van der Waals surface area contributed by atoms with E-state index in [2.05, 4.69) is 5.32 Å². The molecule has 2 rings (SSSR count). The third-order valence-electron chi connectivity index (χ3n) is 2.69. The Morgan fingerprint density at radius 2 is 1.95 bits per heavy atom. The summed E-state index contributed by atoms with van der Waals surface area (Å²) in [5.74, 6) is 0.0870. The molecule has 21 heavy (non-hydrogen) atoms. The van der Waals surface area contributed by atoms with Crippen LogP contribution in [-0.2, 0) is 22.6 Å². The molecule has 0 atom stereocenters. The van der Waals surface area contributed by atoms with Gasteiger partial charge in [-0.25, -0.2) is 0 Å². The number of hydrogen-bond donors (Lipinski definition) is 2. The summed E-state index contributed by atoms with van der Waals surface area (Å²) in [4.78, 5) is 23.2. The normalized spacial score (nSPS) is 10.3. The maximum absolute atomic E-state index is 11.7. The van der Waals surface area contributed by atoms with Crippen LogP contribution < -0.4 is 5.32 Å². The fourth-order valence-corrected chi connectivity index (χ4v) is 2.41. The Morgan fingerprint density at radius 3 is 2.57 bits per heavy atom. The quantitative estimate of drug-likeness (QED) is 0.767. The van der Waals surface area contributed by atoms with Crippen molar-refractivity contribution in [1.82, 2.24) is 5.32 Å². The molecular weight excluding hydrogens is 290 g/mol. The largest absolute Gasteiger partial charge is 0.481 e. The first-order valence-corrected chi connectivity index (χ1v) is 7.34. The number of benzene rings is 1. The standard InChI is InChI=1S/C15H15NO4S/c17-14(16-9-12-2-1-7-20-12)10-21-13-5-3-11(4-6-13)8-15(18)19/h1-7H,8-10H2,(H,16,17)(H,18,19). The van der Waals surface area contributed by atoms with Crippen molar-refractivity contribution in [1.29, 1.82) is 0 Å². The third-order valence-corrected chi connectivity index (χ3v) is 3.70. The maximum atomic E-state index is 11.7. The molecule has 0 saturated heterocycles. The number of carbonyl (C=O) groups is 2. The van der Waals surface area contributed by atoms with Crippen LogP contribution in [-0.4, -0.2) is 22.7 Å². The molecular formula is C15H15NO4S. The minimum absolute atomic E-state index is 0.00851. The molecule has 0 unspecified atom stereocenters. The third kappa shape index (κ3) is 5.35. The molecule has 2 aromatic rings. The average Bonchev–Trinajstić information content (AvgIpc) is 2.97. The second-order valence-electron chi connectivity index (χ2n) is 4.36. The molecule has 0 aliphatic rings. The van der Waals surface area contributed by atoms with E-state index < -0.39 is 5.97 Å². The van der Waals surface area contributed by atoms with Gasteiger partial charge in [0.15, 0.2) is 0 Å². The van der Waals surface area contributed by atoms with Crippen molar-refractivity contribution in [2.75, 3.05) is 5.75 Å². The van der Waals surface area contributed by atoms with Crippen molar-refractivity contribution in [2.45, 2.75) is 17.9 Å². The van der Waals surface area contributed by atoms with Crippen molar-refractivity contribution in [3.05, 3.63) is 54.0 Å². The number of furan rings is 1. The first kappa shape index (κ1) is 15.2. The van der Waals surface area contributed by atoms with Crippen molar-refractivity contribution < 1.29 is 19.1 Å². The summed E-state index contributed by atoms with van der Waals surface area (Å²) in [5, 5.41) is 11.4. The smallest absolute Gasteiger partial charge is 0.307 e. The number of carboxylic acids is 1. The van der Waals surface area contributed by atoms with Crippen molar-refractivity contribution in [3.8, 4) is 0 Å². The molecule has 0 fully saturated rings. The molecule has 1 heterocycles. The van der Waals surface area contributed by atoms with Crippen LogP contribution in [0.4, 0.5) is 0 Å². The maximum Gasteiger partial charge on any atom is 0.307 e. The van der Waals surface area contributed by atoms with E-state index in [0.29, 0.717) is 18.1 Å². The Balaban J connectivity index is 1.74. The summed E-state index contributed by atoms with van der Waals surface area (Å²) >= 11 is 1.40. The van der Waals surface area contributed by atoms with Gasteiger partial charge >= 0.3 is 5.97 Å². The van der Waals surface area contributed by atoms with Gasteiger partial charge in [0.2, 0.25) is 5.91 Å². The molecule has 6 heteroatoms. The Bertz CT molecular complexity index is 593. The molecule has 2 N–H and O–H groups in total. The van der Waals surface area contributed by atoms with Crippen LogP contribution in [0.25, 0.3) is 0 Å². The van der Waals surface area contributed by atoms with Gasteiger partial charge in [-0.2, -0.15) is 0 Å². The van der Waals surface area contributed by atoms with E-state index in [-0.39, 0.29) is 12.3 Å². The van der Waals surface area contributed by atoms with Crippen LogP contribution >= 0.6 is 11.8 Å². The van der Waals surface area contributed by atoms with Gasteiger partial charge < -0.3 is 14.8 Å². The lowest BCUT2D eigenvalue weighted by Gasteiger charge is -2.04. The molecule has 1 aromatic heterocycles. The first-order valence-electron chi connectivity index (χ1n) is 6.36. The first-order chi connectivity index (χ1) is 10.1. The van der Waals surface area contributed by atoms with Crippen LogP contribution in [0.3, 0.4) is 0 Å². The molecule has 0 saturated carbocycles. The van der Waals surface area contributed by atoms with E-state index in [0.717, 1.165) is 10.5 Å². The Morgan fingerprint density at radius 1 is 1.19 bits per heavy atom. The number of carboxylic acid groups (broad SMARTS) is 1. The molecule has 0 aliphatic carbocycles. The topological polar surface area (TPSA) is 79.5 Å². The summed E-state index contributed by atoms with van der Waals surface area (Å²) in [5.41, 5.74) is 0.745. The van der Waals surface area contributed by atoms with E-state index >= 15 is 0 Å². The summed E-state index contributed by atoms with van der Waals surface area (Å²) in [7, 11) is 0. The predicted molar refractivity (Wildman–Crippen MR) is 79.1 cm³/mol. The van der Waals surface area contributed by atoms with Crippen LogP contribution in [0.5, 0.6) is 0 Å². The molecule has 0 spiro atoms. The van der Waals surface area contributed by atoms with Gasteiger partial charge in [-0.3, -0.25) is 9.59 Å². The zero-order chi connectivity index (χ0) is 15.1. The van der Waals surface area contributed by atoms with Crippen LogP contribution in [0.1, 0.15) is 11.3 Å². The number of carbonyl (C=O) groups excluding carboxylic acids is 1. The predicted octanol–water partition coefficient (Wildman–Crippen LogP) is 2.32. The molecule has 0 aliphatic heterocycles. The Hall–Kier alpha value is -2.21. The number of nitrogens with one attached hydrogen (secondary N) is 1. The zero-order valence-corrected chi connectivity index (χ0v) is 12.1. The Labute approximate surface area is 126 Å². The van der Waals surface area contributed by atoms with Crippen molar-refractivity contribution in [3.63, 3.8) is 0 Å². The lowest BCUT2D eigenvalue weighted by atomic mass is 10.2. The number of aliphatic carboxylic acids is 1. The van der Waals surface area contributed by atoms with Gasteiger partial charge in [0.25, 0.3) is 0 Å². The van der Waals surface area contributed by atoms with E-state index in [1.807, 2.05) is 12.1 Å².